The Hall–Kier alpha value is -1.93. The molecule has 1 aliphatic carbocycles. The Kier molecular flexibility index (Phi) is 6.77. The van der Waals surface area contributed by atoms with E-state index in [1.165, 1.54) is 12.1 Å². The predicted molar refractivity (Wildman–Crippen MR) is 103 cm³/mol. The molecular formula is C18H22ClN3O3S. The highest BCUT2D eigenvalue weighted by atomic mass is 35.5. The summed E-state index contributed by atoms with van der Waals surface area (Å²) in [4.78, 5) is 12.4. The number of nitrogens with one attached hydrogen (secondary N) is 2. The van der Waals surface area contributed by atoms with E-state index in [-0.39, 0.29) is 41.8 Å². The molecular weight excluding hydrogens is 374 g/mol. The van der Waals surface area contributed by atoms with E-state index in [1.807, 2.05) is 30.3 Å². The third-order valence-electron chi connectivity index (χ3n) is 4.02. The van der Waals surface area contributed by atoms with Gasteiger partial charge in [-0.15, -0.1) is 12.4 Å². The number of hydrogen-bond acceptors (Lipinski definition) is 4. The number of amides is 1. The number of halogens is 1. The third kappa shape index (κ3) is 5.28. The molecule has 1 saturated carbocycles. The fourth-order valence-electron chi connectivity index (χ4n) is 2.42. The lowest BCUT2D eigenvalue weighted by Crippen LogP contribution is -2.32. The van der Waals surface area contributed by atoms with Crippen LogP contribution in [0.2, 0.25) is 0 Å². The minimum absolute atomic E-state index is 0. The van der Waals surface area contributed by atoms with Crippen LogP contribution < -0.4 is 15.8 Å². The zero-order valence-electron chi connectivity index (χ0n) is 14.1. The molecule has 4 N–H and O–H groups in total. The average molecular weight is 396 g/mol. The van der Waals surface area contributed by atoms with Crippen LogP contribution in [0.4, 0.5) is 0 Å². The van der Waals surface area contributed by atoms with Crippen molar-refractivity contribution in [3.63, 3.8) is 0 Å². The second kappa shape index (κ2) is 8.64. The minimum Gasteiger partial charge on any atom is -0.350 e. The zero-order chi connectivity index (χ0) is 17.9. The SMILES string of the molecule is Cl.NC(CNC(=O)c1cccc(S(=O)(=O)NC2CC2)c1)c1ccccc1. The summed E-state index contributed by atoms with van der Waals surface area (Å²) in [7, 11) is -3.58. The number of nitrogens with two attached hydrogens (primary N) is 1. The molecule has 1 unspecified atom stereocenters. The Bertz CT molecular complexity index is 855. The first-order chi connectivity index (χ1) is 12.0. The van der Waals surface area contributed by atoms with E-state index in [2.05, 4.69) is 10.0 Å². The van der Waals surface area contributed by atoms with E-state index in [1.54, 1.807) is 12.1 Å². The van der Waals surface area contributed by atoms with Gasteiger partial charge < -0.3 is 11.1 Å². The molecule has 2 aromatic rings. The summed E-state index contributed by atoms with van der Waals surface area (Å²) in [5.74, 6) is -0.352. The van der Waals surface area contributed by atoms with Gasteiger partial charge in [0.2, 0.25) is 10.0 Å². The molecule has 1 atom stereocenters. The maximum absolute atomic E-state index is 12.3. The zero-order valence-corrected chi connectivity index (χ0v) is 15.7. The number of benzene rings is 2. The lowest BCUT2D eigenvalue weighted by atomic mass is 10.1. The normalized spacial score (nSPS) is 15.0. The first kappa shape index (κ1) is 20.4. The second-order valence-corrected chi connectivity index (χ2v) is 7.86. The van der Waals surface area contributed by atoms with Crippen LogP contribution in [-0.4, -0.2) is 26.9 Å². The van der Waals surface area contributed by atoms with Crippen molar-refractivity contribution in [2.75, 3.05) is 6.54 Å². The van der Waals surface area contributed by atoms with E-state index in [9.17, 15) is 13.2 Å². The van der Waals surface area contributed by atoms with Crippen LogP contribution in [0.5, 0.6) is 0 Å². The molecule has 8 heteroatoms. The van der Waals surface area contributed by atoms with Gasteiger partial charge in [-0.2, -0.15) is 0 Å². The van der Waals surface area contributed by atoms with Crippen molar-refractivity contribution in [2.45, 2.75) is 29.8 Å². The highest BCUT2D eigenvalue weighted by Gasteiger charge is 2.28. The standard InChI is InChI=1S/C18H21N3O3S.ClH/c19-17(13-5-2-1-3-6-13)12-20-18(22)14-7-4-8-16(11-14)25(23,24)21-15-9-10-15;/h1-8,11,15,17,21H,9-10,12,19H2,(H,20,22);1H. The summed E-state index contributed by atoms with van der Waals surface area (Å²) in [5.41, 5.74) is 7.28. The van der Waals surface area contributed by atoms with Gasteiger partial charge in [0, 0.05) is 24.2 Å². The van der Waals surface area contributed by atoms with Crippen LogP contribution in [-0.2, 0) is 10.0 Å². The van der Waals surface area contributed by atoms with Gasteiger partial charge in [-0.25, -0.2) is 13.1 Å². The van der Waals surface area contributed by atoms with Gasteiger partial charge in [0.15, 0.2) is 0 Å². The van der Waals surface area contributed by atoms with Crippen molar-refractivity contribution >= 4 is 28.3 Å². The van der Waals surface area contributed by atoms with Gasteiger partial charge in [0.05, 0.1) is 4.90 Å². The number of carbonyl (C=O) groups excluding carboxylic acids is 1. The van der Waals surface area contributed by atoms with Gasteiger partial charge in [0.25, 0.3) is 5.91 Å². The molecule has 1 amide bonds. The second-order valence-electron chi connectivity index (χ2n) is 6.15. The van der Waals surface area contributed by atoms with Gasteiger partial charge in [-0.05, 0) is 36.6 Å². The Labute approximate surface area is 159 Å². The Morgan fingerprint density at radius 3 is 2.46 bits per heavy atom. The van der Waals surface area contributed by atoms with Crippen molar-refractivity contribution in [3.8, 4) is 0 Å². The lowest BCUT2D eigenvalue weighted by Gasteiger charge is -2.13. The topological polar surface area (TPSA) is 101 Å². The van der Waals surface area contributed by atoms with Gasteiger partial charge in [-0.3, -0.25) is 4.79 Å². The van der Waals surface area contributed by atoms with Crippen LogP contribution in [0.15, 0.2) is 59.5 Å². The minimum atomic E-state index is -3.58. The fourth-order valence-corrected chi connectivity index (χ4v) is 3.77. The largest absolute Gasteiger partial charge is 0.350 e. The van der Waals surface area contributed by atoms with E-state index >= 15 is 0 Å². The molecule has 140 valence electrons. The first-order valence-electron chi connectivity index (χ1n) is 8.17. The van der Waals surface area contributed by atoms with Crippen LogP contribution in [0.3, 0.4) is 0 Å². The Morgan fingerprint density at radius 2 is 1.81 bits per heavy atom. The summed E-state index contributed by atoms with van der Waals surface area (Å²) in [6.07, 6.45) is 1.72. The summed E-state index contributed by atoms with van der Waals surface area (Å²) in [6.45, 7) is 0.264. The highest BCUT2D eigenvalue weighted by molar-refractivity contribution is 7.89. The third-order valence-corrected chi connectivity index (χ3v) is 5.53. The molecule has 1 aliphatic rings. The van der Waals surface area contributed by atoms with E-state index in [0.29, 0.717) is 5.56 Å². The molecule has 0 aromatic heterocycles. The summed E-state index contributed by atoms with van der Waals surface area (Å²) in [5, 5.41) is 2.75. The van der Waals surface area contributed by atoms with Crippen LogP contribution in [0.25, 0.3) is 0 Å². The number of sulfonamides is 1. The molecule has 1 fully saturated rings. The fraction of sp³-hybridized carbons (Fsp3) is 0.278. The number of carbonyl (C=O) groups is 1. The van der Waals surface area contributed by atoms with Gasteiger partial charge in [0.1, 0.15) is 0 Å². The molecule has 0 bridgehead atoms. The molecule has 0 spiro atoms. The molecule has 0 radical (unpaired) electrons. The maximum atomic E-state index is 12.3. The molecule has 2 aromatic carbocycles. The van der Waals surface area contributed by atoms with Crippen LogP contribution in [0, 0.1) is 0 Å². The van der Waals surface area contributed by atoms with Crippen molar-refractivity contribution in [1.29, 1.82) is 0 Å². The number of hydrogen-bond donors (Lipinski definition) is 3. The summed E-state index contributed by atoms with van der Waals surface area (Å²) >= 11 is 0. The first-order valence-corrected chi connectivity index (χ1v) is 9.65. The quantitative estimate of drug-likeness (QED) is 0.667. The average Bonchev–Trinajstić information content (AvgIpc) is 3.43. The summed E-state index contributed by atoms with van der Waals surface area (Å²) in [6, 6.07) is 15.2. The van der Waals surface area contributed by atoms with Crippen molar-refractivity contribution in [2.24, 2.45) is 5.73 Å². The molecule has 0 heterocycles. The molecule has 0 aliphatic heterocycles. The van der Waals surface area contributed by atoms with Crippen LogP contribution in [0.1, 0.15) is 34.8 Å². The van der Waals surface area contributed by atoms with Gasteiger partial charge >= 0.3 is 0 Å². The predicted octanol–water partition coefficient (Wildman–Crippen LogP) is 1.98. The maximum Gasteiger partial charge on any atom is 0.251 e. The molecule has 3 rings (SSSR count). The smallest absolute Gasteiger partial charge is 0.251 e. The van der Waals surface area contributed by atoms with Crippen LogP contribution >= 0.6 is 12.4 Å². The Morgan fingerprint density at radius 1 is 1.12 bits per heavy atom. The molecule has 6 nitrogen and oxygen atoms in total. The van der Waals surface area contributed by atoms with Crippen molar-refractivity contribution < 1.29 is 13.2 Å². The van der Waals surface area contributed by atoms with Gasteiger partial charge in [-0.1, -0.05) is 36.4 Å². The Balaban J connectivity index is 0.00000243. The number of rotatable bonds is 7. The molecule has 26 heavy (non-hydrogen) atoms. The van der Waals surface area contributed by atoms with Crippen molar-refractivity contribution in [3.05, 3.63) is 65.7 Å². The van der Waals surface area contributed by atoms with Crippen molar-refractivity contribution in [1.82, 2.24) is 10.0 Å². The van der Waals surface area contributed by atoms with E-state index in [4.69, 9.17) is 5.73 Å². The highest BCUT2D eigenvalue weighted by Crippen LogP contribution is 2.22. The lowest BCUT2D eigenvalue weighted by molar-refractivity contribution is 0.0951. The van der Waals surface area contributed by atoms with E-state index < -0.39 is 10.0 Å². The van der Waals surface area contributed by atoms with E-state index in [0.717, 1.165) is 18.4 Å². The molecule has 0 saturated heterocycles. The summed E-state index contributed by atoms with van der Waals surface area (Å²) < 4.78 is 27.1. The monoisotopic (exact) mass is 395 g/mol.